The van der Waals surface area contributed by atoms with Gasteiger partial charge in [-0.05, 0) is 39.7 Å². The first-order valence-electron chi connectivity index (χ1n) is 7.35. The molecule has 1 aromatic carbocycles. The van der Waals surface area contributed by atoms with Gasteiger partial charge in [0, 0.05) is 0 Å². The van der Waals surface area contributed by atoms with Gasteiger partial charge in [0.1, 0.15) is 5.75 Å². The van der Waals surface area contributed by atoms with Crippen LogP contribution in [-0.4, -0.2) is 24.7 Å². The summed E-state index contributed by atoms with van der Waals surface area (Å²) in [5, 5.41) is 8.33. The molecule has 0 bridgehead atoms. The fourth-order valence-electron chi connectivity index (χ4n) is 2.53. The Morgan fingerprint density at radius 3 is 1.28 bits per heavy atom. The molecule has 0 spiro atoms. The quantitative estimate of drug-likeness (QED) is 0.363. The molecule has 0 unspecified atom stereocenters. The van der Waals surface area contributed by atoms with Gasteiger partial charge in [-0.3, -0.25) is 9.13 Å². The fraction of sp³-hybridized carbons (Fsp3) is 0.600. The van der Waals surface area contributed by atoms with E-state index >= 15 is 0 Å². The SMILES string of the molecule is CC(C)(C)c1cc(C(P(=O)(O)O)P(=O)(O)O)cc(C(C)(C)C)c1O.[Na+]. The summed E-state index contributed by atoms with van der Waals surface area (Å²) in [6, 6.07) is 2.54. The molecule has 0 saturated heterocycles. The Balaban J connectivity index is 0.00000576. The second-order valence-corrected chi connectivity index (χ2v) is 11.8. The molecule has 5 N–H and O–H groups in total. The minimum Gasteiger partial charge on any atom is -0.507 e. The maximum absolute atomic E-state index is 11.7. The third-order valence-corrected chi connectivity index (χ3v) is 7.36. The number of benzene rings is 1. The van der Waals surface area contributed by atoms with Crippen molar-refractivity contribution in [2.24, 2.45) is 0 Å². The molecule has 0 saturated carbocycles. The molecule has 0 aliphatic carbocycles. The van der Waals surface area contributed by atoms with Gasteiger partial charge in [-0.15, -0.1) is 0 Å². The van der Waals surface area contributed by atoms with E-state index in [2.05, 4.69) is 0 Å². The van der Waals surface area contributed by atoms with Gasteiger partial charge >= 0.3 is 44.7 Å². The molecule has 0 aromatic heterocycles. The summed E-state index contributed by atoms with van der Waals surface area (Å²) >= 11 is 0. The van der Waals surface area contributed by atoms with Gasteiger partial charge in [0.25, 0.3) is 0 Å². The summed E-state index contributed by atoms with van der Waals surface area (Å²) < 4.78 is 23.5. The first-order valence-corrected chi connectivity index (χ1v) is 10.7. The molecule has 0 atom stereocenters. The Kier molecular flexibility index (Phi) is 7.85. The molecule has 10 heteroatoms. The minimum atomic E-state index is -5.12. The normalized spacial score (nSPS) is 13.7. The molecule has 1 rings (SSSR count). The molecule has 7 nitrogen and oxygen atoms in total. The van der Waals surface area contributed by atoms with Crippen LogP contribution in [0.3, 0.4) is 0 Å². The van der Waals surface area contributed by atoms with Gasteiger partial charge in [0.15, 0.2) is 5.40 Å². The molecule has 0 amide bonds. The smallest absolute Gasteiger partial charge is 0.507 e. The van der Waals surface area contributed by atoms with Crippen molar-refractivity contribution in [1.82, 2.24) is 0 Å². The van der Waals surface area contributed by atoms with Crippen LogP contribution >= 0.6 is 15.2 Å². The third-order valence-electron chi connectivity index (χ3n) is 3.68. The van der Waals surface area contributed by atoms with Crippen LogP contribution in [0.1, 0.15) is 63.6 Å². The van der Waals surface area contributed by atoms with Crippen LogP contribution in [0.2, 0.25) is 0 Å². The van der Waals surface area contributed by atoms with Crippen molar-refractivity contribution in [3.63, 3.8) is 0 Å². The molecule has 138 valence electrons. The fourth-order valence-corrected chi connectivity index (χ4v) is 5.18. The van der Waals surface area contributed by atoms with E-state index in [4.69, 9.17) is 0 Å². The van der Waals surface area contributed by atoms with Gasteiger partial charge in [0.2, 0.25) is 0 Å². The summed E-state index contributed by atoms with van der Waals surface area (Å²) in [7, 11) is -10.2. The first-order chi connectivity index (χ1) is 10.4. The van der Waals surface area contributed by atoms with Crippen LogP contribution in [0.25, 0.3) is 0 Å². The van der Waals surface area contributed by atoms with Gasteiger partial charge in [-0.1, -0.05) is 41.5 Å². The van der Waals surface area contributed by atoms with Crippen molar-refractivity contribution in [1.29, 1.82) is 0 Å². The van der Waals surface area contributed by atoms with Crippen molar-refractivity contribution in [2.45, 2.75) is 57.8 Å². The second kappa shape index (κ2) is 7.75. The van der Waals surface area contributed by atoms with Crippen LogP contribution in [0.4, 0.5) is 0 Å². The Hall–Kier alpha value is 0.320. The predicted octanol–water partition coefficient (Wildman–Crippen LogP) is 0.345. The molecular formula is C15H26NaO7P2+. The summed E-state index contributed by atoms with van der Waals surface area (Å²) in [6.07, 6.45) is 0. The molecule has 0 fully saturated rings. The number of phenolic OH excluding ortho intramolecular Hbond substituents is 1. The number of phenols is 1. The first kappa shape index (κ1) is 25.3. The van der Waals surface area contributed by atoms with E-state index < -0.39 is 31.4 Å². The zero-order valence-corrected chi connectivity index (χ0v) is 19.5. The predicted molar refractivity (Wildman–Crippen MR) is 92.3 cm³/mol. The van der Waals surface area contributed by atoms with Crippen LogP contribution in [0.15, 0.2) is 12.1 Å². The third kappa shape index (κ3) is 6.17. The number of hydrogen-bond donors (Lipinski definition) is 5. The topological polar surface area (TPSA) is 135 Å². The van der Waals surface area contributed by atoms with E-state index in [1.165, 1.54) is 12.1 Å². The van der Waals surface area contributed by atoms with Gasteiger partial charge in [0.05, 0.1) is 0 Å². The van der Waals surface area contributed by atoms with E-state index in [0.717, 1.165) is 0 Å². The van der Waals surface area contributed by atoms with Gasteiger partial charge < -0.3 is 24.7 Å². The zero-order chi connectivity index (χ0) is 19.3. The van der Waals surface area contributed by atoms with Crippen molar-refractivity contribution in [2.75, 3.05) is 0 Å². The van der Waals surface area contributed by atoms with E-state index in [1.54, 1.807) is 41.5 Å². The Morgan fingerprint density at radius 2 is 1.08 bits per heavy atom. The number of rotatable bonds is 3. The van der Waals surface area contributed by atoms with E-state index in [0.29, 0.717) is 11.1 Å². The molecular weight excluding hydrogens is 377 g/mol. The van der Waals surface area contributed by atoms with Gasteiger partial charge in [-0.25, -0.2) is 0 Å². The maximum atomic E-state index is 11.7. The van der Waals surface area contributed by atoms with Gasteiger partial charge in [-0.2, -0.15) is 0 Å². The average Bonchev–Trinajstić information content (AvgIpc) is 2.24. The van der Waals surface area contributed by atoms with Crippen molar-refractivity contribution in [3.8, 4) is 5.75 Å². The standard InChI is InChI=1S/C15H26O7P2.Na/c1-14(2,3)10-7-9(8-11(12(10)16)15(4,5)6)13(23(17,18)19)24(20,21)22;/h7-8,13,16H,1-6H3,(H2,17,18,19)(H2,20,21,22);/q;+1. The average molecular weight is 403 g/mol. The number of hydrogen-bond acceptors (Lipinski definition) is 3. The molecule has 0 radical (unpaired) electrons. The van der Waals surface area contributed by atoms with E-state index in [1.807, 2.05) is 0 Å². The zero-order valence-electron chi connectivity index (χ0n) is 15.7. The molecule has 1 aromatic rings. The molecule has 0 heterocycles. The Bertz CT molecular complexity index is 665. The summed E-state index contributed by atoms with van der Waals surface area (Å²) in [6.45, 7) is 10.8. The van der Waals surface area contributed by atoms with Crippen molar-refractivity contribution < 1.29 is 63.4 Å². The summed E-state index contributed by atoms with van der Waals surface area (Å²) in [4.78, 5) is 37.9. The van der Waals surface area contributed by atoms with Crippen molar-refractivity contribution >= 4 is 15.2 Å². The van der Waals surface area contributed by atoms with Crippen LogP contribution in [-0.2, 0) is 20.0 Å². The van der Waals surface area contributed by atoms with Crippen LogP contribution in [0, 0.1) is 0 Å². The van der Waals surface area contributed by atoms with Crippen LogP contribution < -0.4 is 29.6 Å². The molecule has 0 aliphatic heterocycles. The largest absolute Gasteiger partial charge is 1.00 e. The number of aromatic hydroxyl groups is 1. The summed E-state index contributed by atoms with van der Waals surface area (Å²) in [5.74, 6) is -0.0334. The van der Waals surface area contributed by atoms with E-state index in [-0.39, 0.29) is 40.9 Å². The Labute approximate surface area is 170 Å². The molecule has 25 heavy (non-hydrogen) atoms. The summed E-state index contributed by atoms with van der Waals surface area (Å²) in [5.41, 5.74) is -0.610. The minimum absolute atomic E-state index is 0. The molecule has 0 aliphatic rings. The Morgan fingerprint density at radius 1 is 0.800 bits per heavy atom. The monoisotopic (exact) mass is 403 g/mol. The maximum Gasteiger partial charge on any atom is 1.00 e. The van der Waals surface area contributed by atoms with E-state index in [9.17, 15) is 33.8 Å². The van der Waals surface area contributed by atoms with Crippen molar-refractivity contribution in [3.05, 3.63) is 28.8 Å². The van der Waals surface area contributed by atoms with Crippen LogP contribution in [0.5, 0.6) is 5.75 Å². The second-order valence-electron chi connectivity index (χ2n) is 8.02.